The molecule has 1 aromatic heterocycles. The highest BCUT2D eigenvalue weighted by Gasteiger charge is 2.37. The first-order chi connectivity index (χ1) is 11.2. The largest absolute Gasteiger partial charge is 0.354 e. The Morgan fingerprint density at radius 3 is 2.60 bits per heavy atom. The summed E-state index contributed by atoms with van der Waals surface area (Å²) >= 11 is 0. The number of carbonyl (C=O) groups excluding carboxylic acids is 2. The van der Waals surface area contributed by atoms with Crippen LogP contribution in [0.15, 0.2) is 24.5 Å². The van der Waals surface area contributed by atoms with Crippen LogP contribution in [0.3, 0.4) is 0 Å². The van der Waals surface area contributed by atoms with Crippen molar-refractivity contribution in [1.29, 1.82) is 0 Å². The molecule has 1 saturated heterocycles. The number of amides is 2. The molecule has 2 amide bonds. The maximum Gasteiger partial charge on any atom is 0.237 e. The van der Waals surface area contributed by atoms with E-state index in [0.717, 1.165) is 12.1 Å². The molecule has 1 aliphatic heterocycles. The van der Waals surface area contributed by atoms with Gasteiger partial charge in [0.2, 0.25) is 11.8 Å². The highest BCUT2D eigenvalue weighted by Crippen LogP contribution is 2.33. The average Bonchev–Trinajstić information content (AvgIpc) is 3.00. The summed E-state index contributed by atoms with van der Waals surface area (Å²) < 4.78 is 0. The summed E-state index contributed by atoms with van der Waals surface area (Å²) in [5.41, 5.74) is 0.720. The fourth-order valence-electron chi connectivity index (χ4n) is 3.60. The Bertz CT molecular complexity index is 545. The molecule has 1 aliphatic carbocycles. The number of rotatable bonds is 5. The fraction of sp³-hybridized carbons (Fsp3) is 0.588. The number of nitrogens with one attached hydrogen (secondary N) is 3. The molecule has 2 fully saturated rings. The van der Waals surface area contributed by atoms with Gasteiger partial charge in [0.15, 0.2) is 0 Å². The van der Waals surface area contributed by atoms with Gasteiger partial charge in [-0.05, 0) is 37.3 Å². The standard InChI is InChI=1S/C17H24N4O2.2ClH/c22-16(20-13-5-8-18-9-6-13)7-10-19-17(23)15-11-12-3-1-2-4-14(12)21-15;;/h5-6,8-9,12,14-15,21H,1-4,7,10-11H2,(H,19,23)(H,18,20,22);2*1H. The van der Waals surface area contributed by atoms with Crippen molar-refractivity contribution >= 4 is 42.3 Å². The summed E-state index contributed by atoms with van der Waals surface area (Å²) in [6.07, 6.45) is 9.42. The summed E-state index contributed by atoms with van der Waals surface area (Å²) in [5, 5.41) is 9.11. The molecule has 1 aromatic rings. The molecule has 3 atom stereocenters. The zero-order valence-corrected chi connectivity index (χ0v) is 15.7. The van der Waals surface area contributed by atoms with E-state index in [1.54, 1.807) is 24.5 Å². The molecule has 6 nitrogen and oxygen atoms in total. The van der Waals surface area contributed by atoms with E-state index in [9.17, 15) is 9.59 Å². The van der Waals surface area contributed by atoms with E-state index in [2.05, 4.69) is 20.9 Å². The van der Waals surface area contributed by atoms with Crippen molar-refractivity contribution in [1.82, 2.24) is 15.6 Å². The lowest BCUT2D eigenvalue weighted by Gasteiger charge is -2.24. The third-order valence-electron chi connectivity index (χ3n) is 4.79. The molecule has 3 rings (SSSR count). The van der Waals surface area contributed by atoms with Crippen LogP contribution in [0.2, 0.25) is 0 Å². The van der Waals surface area contributed by atoms with E-state index >= 15 is 0 Å². The zero-order valence-electron chi connectivity index (χ0n) is 14.1. The molecule has 8 heteroatoms. The summed E-state index contributed by atoms with van der Waals surface area (Å²) in [7, 11) is 0. The number of carbonyl (C=O) groups is 2. The average molecular weight is 389 g/mol. The fourth-order valence-corrected chi connectivity index (χ4v) is 3.60. The van der Waals surface area contributed by atoms with Crippen LogP contribution in [0, 0.1) is 5.92 Å². The first-order valence-electron chi connectivity index (χ1n) is 8.46. The van der Waals surface area contributed by atoms with Crippen LogP contribution in [0.5, 0.6) is 0 Å². The van der Waals surface area contributed by atoms with Gasteiger partial charge in [-0.3, -0.25) is 14.6 Å². The van der Waals surface area contributed by atoms with Crippen molar-refractivity contribution in [3.05, 3.63) is 24.5 Å². The molecular formula is C17H26Cl2N4O2. The molecule has 3 unspecified atom stereocenters. The minimum Gasteiger partial charge on any atom is -0.354 e. The Morgan fingerprint density at radius 2 is 1.88 bits per heavy atom. The molecule has 3 N–H and O–H groups in total. The van der Waals surface area contributed by atoms with Crippen LogP contribution in [0.1, 0.15) is 38.5 Å². The smallest absolute Gasteiger partial charge is 0.237 e. The van der Waals surface area contributed by atoms with Crippen molar-refractivity contribution in [2.24, 2.45) is 5.92 Å². The van der Waals surface area contributed by atoms with E-state index in [-0.39, 0.29) is 49.1 Å². The first-order valence-corrected chi connectivity index (χ1v) is 8.46. The van der Waals surface area contributed by atoms with Gasteiger partial charge in [0.1, 0.15) is 0 Å². The van der Waals surface area contributed by atoms with Gasteiger partial charge in [0.05, 0.1) is 6.04 Å². The maximum atomic E-state index is 12.2. The van der Waals surface area contributed by atoms with E-state index in [1.807, 2.05) is 0 Å². The predicted molar refractivity (Wildman–Crippen MR) is 102 cm³/mol. The number of hydrogen-bond donors (Lipinski definition) is 3. The molecule has 0 bridgehead atoms. The van der Waals surface area contributed by atoms with Crippen LogP contribution in [0.4, 0.5) is 5.69 Å². The van der Waals surface area contributed by atoms with E-state index in [4.69, 9.17) is 0 Å². The number of nitrogens with zero attached hydrogens (tertiary/aromatic N) is 1. The SMILES string of the molecule is Cl.Cl.O=C(CCNC(=O)C1CC2CCCCC2N1)Nc1ccncc1. The van der Waals surface area contributed by atoms with Crippen molar-refractivity contribution in [2.75, 3.05) is 11.9 Å². The molecule has 2 aliphatic rings. The Balaban J connectivity index is 0.00000156. The zero-order chi connectivity index (χ0) is 16.1. The van der Waals surface area contributed by atoms with Crippen molar-refractivity contribution in [3.8, 4) is 0 Å². The monoisotopic (exact) mass is 388 g/mol. The predicted octanol–water partition coefficient (Wildman–Crippen LogP) is 2.29. The van der Waals surface area contributed by atoms with Crippen molar-refractivity contribution in [3.63, 3.8) is 0 Å². The molecule has 0 aromatic carbocycles. The normalized spacial score (nSPS) is 24.2. The minimum atomic E-state index is -0.107. The number of halogens is 2. The van der Waals surface area contributed by atoms with Gasteiger partial charge in [-0.1, -0.05) is 12.8 Å². The second-order valence-corrected chi connectivity index (χ2v) is 6.43. The summed E-state index contributed by atoms with van der Waals surface area (Å²) in [5.74, 6) is 0.565. The molecular weight excluding hydrogens is 363 g/mol. The van der Waals surface area contributed by atoms with Crippen LogP contribution < -0.4 is 16.0 Å². The van der Waals surface area contributed by atoms with E-state index < -0.39 is 0 Å². The molecule has 140 valence electrons. The third kappa shape index (κ3) is 6.13. The first kappa shape index (κ1) is 21.7. The summed E-state index contributed by atoms with van der Waals surface area (Å²) in [6.45, 7) is 0.364. The van der Waals surface area contributed by atoms with E-state index in [1.165, 1.54) is 25.7 Å². The maximum absolute atomic E-state index is 12.2. The highest BCUT2D eigenvalue weighted by atomic mass is 35.5. The summed E-state index contributed by atoms with van der Waals surface area (Å²) in [6, 6.07) is 3.89. The Morgan fingerprint density at radius 1 is 1.16 bits per heavy atom. The lowest BCUT2D eigenvalue weighted by Crippen LogP contribution is -2.43. The molecule has 25 heavy (non-hydrogen) atoms. The minimum absolute atomic E-state index is 0. The topological polar surface area (TPSA) is 83.1 Å². The van der Waals surface area contributed by atoms with Crippen LogP contribution in [0.25, 0.3) is 0 Å². The van der Waals surface area contributed by atoms with Crippen molar-refractivity contribution in [2.45, 2.75) is 50.6 Å². The highest BCUT2D eigenvalue weighted by molar-refractivity contribution is 5.91. The molecule has 2 heterocycles. The van der Waals surface area contributed by atoms with Gasteiger partial charge in [-0.15, -0.1) is 24.8 Å². The number of anilines is 1. The quantitative estimate of drug-likeness (QED) is 0.722. The van der Waals surface area contributed by atoms with Gasteiger partial charge in [0.25, 0.3) is 0 Å². The van der Waals surface area contributed by atoms with E-state index in [0.29, 0.717) is 18.5 Å². The van der Waals surface area contributed by atoms with Crippen LogP contribution >= 0.6 is 24.8 Å². The molecule has 0 spiro atoms. The summed E-state index contributed by atoms with van der Waals surface area (Å²) in [4.78, 5) is 27.9. The van der Waals surface area contributed by atoms with Crippen molar-refractivity contribution < 1.29 is 9.59 Å². The Kier molecular flexibility index (Phi) is 9.17. The molecule has 1 saturated carbocycles. The van der Waals surface area contributed by atoms with Gasteiger partial charge >= 0.3 is 0 Å². The van der Waals surface area contributed by atoms with Crippen LogP contribution in [-0.4, -0.2) is 35.4 Å². The lowest BCUT2D eigenvalue weighted by atomic mass is 9.85. The Labute approximate surface area is 160 Å². The third-order valence-corrected chi connectivity index (χ3v) is 4.79. The van der Waals surface area contributed by atoms with Crippen LogP contribution in [-0.2, 0) is 9.59 Å². The van der Waals surface area contributed by atoms with Gasteiger partial charge < -0.3 is 16.0 Å². The van der Waals surface area contributed by atoms with Gasteiger partial charge in [-0.2, -0.15) is 0 Å². The number of aromatic nitrogens is 1. The lowest BCUT2D eigenvalue weighted by molar-refractivity contribution is -0.123. The number of pyridine rings is 1. The Hall–Kier alpha value is -1.37. The second-order valence-electron chi connectivity index (χ2n) is 6.43. The number of hydrogen-bond acceptors (Lipinski definition) is 4. The molecule has 0 radical (unpaired) electrons. The number of fused-ring (bicyclic) bond motifs is 1. The van der Waals surface area contributed by atoms with Gasteiger partial charge in [0, 0.05) is 37.1 Å². The second kappa shape index (κ2) is 10.6. The van der Waals surface area contributed by atoms with Gasteiger partial charge in [-0.25, -0.2) is 0 Å².